The van der Waals surface area contributed by atoms with E-state index in [1.54, 1.807) is 11.1 Å². The number of hydrogen-bond donors (Lipinski definition) is 2. The summed E-state index contributed by atoms with van der Waals surface area (Å²) in [5.74, 6) is 0.558. The number of urea groups is 1. The highest BCUT2D eigenvalue weighted by Gasteiger charge is 2.20. The van der Waals surface area contributed by atoms with Gasteiger partial charge in [-0.25, -0.2) is 9.78 Å². The van der Waals surface area contributed by atoms with Crippen molar-refractivity contribution in [3.8, 4) is 11.5 Å². The topological polar surface area (TPSA) is 81.8 Å². The van der Waals surface area contributed by atoms with Crippen LogP contribution in [0, 0.1) is 0 Å². The third-order valence-electron chi connectivity index (χ3n) is 3.89. The van der Waals surface area contributed by atoms with Crippen LogP contribution in [0.2, 0.25) is 0 Å². The molecule has 0 bridgehead atoms. The molecular weight excluding hydrogens is 296 g/mol. The zero-order chi connectivity index (χ0) is 16.1. The fourth-order valence-electron chi connectivity index (χ4n) is 2.58. The molecule has 2 heterocycles. The van der Waals surface area contributed by atoms with Crippen molar-refractivity contribution in [3.05, 3.63) is 36.7 Å². The molecule has 1 saturated heterocycles. The van der Waals surface area contributed by atoms with Crippen molar-refractivity contribution < 1.29 is 14.3 Å². The maximum atomic E-state index is 12.3. The van der Waals surface area contributed by atoms with Gasteiger partial charge in [0.25, 0.3) is 0 Å². The predicted molar refractivity (Wildman–Crippen MR) is 86.1 cm³/mol. The van der Waals surface area contributed by atoms with Gasteiger partial charge in [-0.3, -0.25) is 4.90 Å². The standard InChI is InChI=1S/C16H20N4O3/c21-11-10-19-6-8-20(9-7-19)16(22)18-14-3-1-13(2-4-14)15-17-5-12-23-15/h1-5,12,21H,6-11H2,(H,18,22). The van der Waals surface area contributed by atoms with Crippen LogP contribution >= 0.6 is 0 Å². The van der Waals surface area contributed by atoms with Gasteiger partial charge in [-0.05, 0) is 24.3 Å². The van der Waals surface area contributed by atoms with Gasteiger partial charge in [0.2, 0.25) is 5.89 Å². The van der Waals surface area contributed by atoms with Crippen molar-refractivity contribution in [2.24, 2.45) is 0 Å². The molecule has 0 atom stereocenters. The van der Waals surface area contributed by atoms with Gasteiger partial charge in [0.15, 0.2) is 0 Å². The van der Waals surface area contributed by atoms with E-state index in [9.17, 15) is 4.79 Å². The molecule has 3 rings (SSSR count). The minimum absolute atomic E-state index is 0.0995. The Kier molecular flexibility index (Phi) is 4.89. The van der Waals surface area contributed by atoms with Crippen molar-refractivity contribution in [3.63, 3.8) is 0 Å². The number of anilines is 1. The van der Waals surface area contributed by atoms with E-state index in [4.69, 9.17) is 9.52 Å². The fourth-order valence-corrected chi connectivity index (χ4v) is 2.58. The zero-order valence-corrected chi connectivity index (χ0v) is 12.8. The average molecular weight is 316 g/mol. The minimum atomic E-state index is -0.0995. The van der Waals surface area contributed by atoms with Crippen LogP contribution in [0.3, 0.4) is 0 Å². The number of aliphatic hydroxyl groups excluding tert-OH is 1. The number of amides is 2. The molecule has 0 saturated carbocycles. The monoisotopic (exact) mass is 316 g/mol. The second kappa shape index (κ2) is 7.26. The molecule has 1 aromatic carbocycles. The molecule has 1 fully saturated rings. The van der Waals surface area contributed by atoms with E-state index < -0.39 is 0 Å². The van der Waals surface area contributed by atoms with Gasteiger partial charge in [-0.1, -0.05) is 0 Å². The molecule has 0 unspecified atom stereocenters. The third kappa shape index (κ3) is 3.88. The van der Waals surface area contributed by atoms with Gasteiger partial charge in [0.1, 0.15) is 6.26 Å². The normalized spacial score (nSPS) is 15.6. The Morgan fingerprint density at radius 3 is 2.57 bits per heavy atom. The van der Waals surface area contributed by atoms with Crippen LogP contribution in [0.15, 0.2) is 41.1 Å². The fraction of sp³-hybridized carbons (Fsp3) is 0.375. The molecule has 0 aliphatic carbocycles. The van der Waals surface area contributed by atoms with Crippen molar-refractivity contribution in [1.29, 1.82) is 0 Å². The van der Waals surface area contributed by atoms with Crippen LogP contribution in [0.4, 0.5) is 10.5 Å². The van der Waals surface area contributed by atoms with E-state index in [0.717, 1.165) is 24.3 Å². The molecule has 0 radical (unpaired) electrons. The number of benzene rings is 1. The van der Waals surface area contributed by atoms with E-state index >= 15 is 0 Å². The van der Waals surface area contributed by atoms with E-state index in [1.807, 2.05) is 24.3 Å². The number of nitrogens with one attached hydrogen (secondary N) is 1. The summed E-state index contributed by atoms with van der Waals surface area (Å²) in [5, 5.41) is 11.8. The van der Waals surface area contributed by atoms with Crippen LogP contribution in [0.1, 0.15) is 0 Å². The summed E-state index contributed by atoms with van der Waals surface area (Å²) in [4.78, 5) is 20.3. The number of nitrogens with zero attached hydrogens (tertiary/aromatic N) is 3. The number of carbonyl (C=O) groups excluding carboxylic acids is 1. The first-order valence-corrected chi connectivity index (χ1v) is 7.65. The molecule has 2 aromatic rings. The first kappa shape index (κ1) is 15.5. The van der Waals surface area contributed by atoms with Crippen LogP contribution in [0.5, 0.6) is 0 Å². The number of hydrogen-bond acceptors (Lipinski definition) is 5. The number of carbonyl (C=O) groups is 1. The summed E-state index contributed by atoms with van der Waals surface area (Å²) < 4.78 is 5.24. The summed E-state index contributed by atoms with van der Waals surface area (Å²) in [5.41, 5.74) is 1.61. The van der Waals surface area contributed by atoms with Gasteiger partial charge in [-0.15, -0.1) is 0 Å². The second-order valence-electron chi connectivity index (χ2n) is 5.40. The zero-order valence-electron chi connectivity index (χ0n) is 12.8. The van der Waals surface area contributed by atoms with Gasteiger partial charge in [-0.2, -0.15) is 0 Å². The Bertz CT molecular complexity index is 619. The van der Waals surface area contributed by atoms with Crippen molar-refractivity contribution >= 4 is 11.7 Å². The molecule has 2 N–H and O–H groups in total. The van der Waals surface area contributed by atoms with Gasteiger partial charge in [0, 0.05) is 44.0 Å². The number of aromatic nitrogens is 1. The second-order valence-corrected chi connectivity index (χ2v) is 5.40. The first-order valence-electron chi connectivity index (χ1n) is 7.65. The average Bonchev–Trinajstić information content (AvgIpc) is 3.11. The molecule has 0 spiro atoms. The highest BCUT2D eigenvalue weighted by Crippen LogP contribution is 2.19. The maximum Gasteiger partial charge on any atom is 0.321 e. The minimum Gasteiger partial charge on any atom is -0.445 e. The van der Waals surface area contributed by atoms with Crippen LogP contribution in [-0.4, -0.2) is 65.3 Å². The van der Waals surface area contributed by atoms with Crippen molar-refractivity contribution in [1.82, 2.24) is 14.8 Å². The number of aliphatic hydroxyl groups is 1. The molecule has 1 aliphatic rings. The molecule has 122 valence electrons. The number of piperazine rings is 1. The summed E-state index contributed by atoms with van der Waals surface area (Å²) in [6.45, 7) is 3.73. The Labute approximate surface area is 134 Å². The highest BCUT2D eigenvalue weighted by atomic mass is 16.3. The summed E-state index contributed by atoms with van der Waals surface area (Å²) in [7, 11) is 0. The lowest BCUT2D eigenvalue weighted by Crippen LogP contribution is -2.50. The molecule has 23 heavy (non-hydrogen) atoms. The third-order valence-corrected chi connectivity index (χ3v) is 3.89. The van der Waals surface area contributed by atoms with Crippen LogP contribution in [-0.2, 0) is 0 Å². The van der Waals surface area contributed by atoms with E-state index in [2.05, 4.69) is 15.2 Å². The summed E-state index contributed by atoms with van der Waals surface area (Å²) in [6, 6.07) is 7.29. The number of oxazole rings is 1. The molecule has 7 nitrogen and oxygen atoms in total. The van der Waals surface area contributed by atoms with Gasteiger partial charge >= 0.3 is 6.03 Å². The summed E-state index contributed by atoms with van der Waals surface area (Å²) in [6.07, 6.45) is 3.13. The number of β-amino-alcohol motifs (C(OH)–C–C–N with tert-alkyl or cyclic N) is 1. The van der Waals surface area contributed by atoms with E-state index in [1.165, 1.54) is 6.26 Å². The Morgan fingerprint density at radius 1 is 1.22 bits per heavy atom. The maximum absolute atomic E-state index is 12.3. The van der Waals surface area contributed by atoms with Crippen molar-refractivity contribution in [2.75, 3.05) is 44.6 Å². The van der Waals surface area contributed by atoms with Gasteiger partial charge in [0.05, 0.1) is 12.8 Å². The van der Waals surface area contributed by atoms with Gasteiger partial charge < -0.3 is 19.7 Å². The number of rotatable bonds is 4. The molecule has 7 heteroatoms. The van der Waals surface area contributed by atoms with Crippen LogP contribution < -0.4 is 5.32 Å². The molecule has 1 aromatic heterocycles. The quantitative estimate of drug-likeness (QED) is 0.893. The molecule has 1 aliphatic heterocycles. The first-order chi connectivity index (χ1) is 11.3. The Balaban J connectivity index is 1.54. The van der Waals surface area contributed by atoms with Crippen LogP contribution in [0.25, 0.3) is 11.5 Å². The molecular formula is C16H20N4O3. The van der Waals surface area contributed by atoms with E-state index in [-0.39, 0.29) is 12.6 Å². The molecule has 2 amide bonds. The predicted octanol–water partition coefficient (Wildman–Crippen LogP) is 1.48. The lowest BCUT2D eigenvalue weighted by atomic mass is 10.2. The smallest absolute Gasteiger partial charge is 0.321 e. The Morgan fingerprint density at radius 2 is 1.96 bits per heavy atom. The highest BCUT2D eigenvalue weighted by molar-refractivity contribution is 5.89. The largest absolute Gasteiger partial charge is 0.445 e. The van der Waals surface area contributed by atoms with Crippen molar-refractivity contribution in [2.45, 2.75) is 0 Å². The summed E-state index contributed by atoms with van der Waals surface area (Å²) >= 11 is 0. The lowest BCUT2D eigenvalue weighted by molar-refractivity contribution is 0.127. The SMILES string of the molecule is O=C(Nc1ccc(-c2ncco2)cc1)N1CCN(CCO)CC1. The van der Waals surface area contributed by atoms with E-state index in [0.29, 0.717) is 25.5 Å². The lowest BCUT2D eigenvalue weighted by Gasteiger charge is -2.34. The Hall–Kier alpha value is -2.38.